The van der Waals surface area contributed by atoms with E-state index in [1.54, 1.807) is 19.2 Å². The lowest BCUT2D eigenvalue weighted by atomic mass is 9.64. The van der Waals surface area contributed by atoms with Gasteiger partial charge in [0.05, 0.1) is 0 Å². The number of anilines is 1. The molecule has 5 nitrogen and oxygen atoms in total. The molecule has 1 fully saturated rings. The predicted octanol–water partition coefficient (Wildman–Crippen LogP) is 2.68. The molecule has 2 aromatic rings. The molecular formula is C18H22N4O. The highest BCUT2D eigenvalue weighted by Gasteiger charge is 2.38. The Hall–Kier alpha value is -2.43. The van der Waals surface area contributed by atoms with Crippen LogP contribution in [-0.4, -0.2) is 29.7 Å². The van der Waals surface area contributed by atoms with Gasteiger partial charge in [-0.1, -0.05) is 36.2 Å². The average molecular weight is 310 g/mol. The molecule has 1 aliphatic carbocycles. The van der Waals surface area contributed by atoms with Crippen molar-refractivity contribution in [1.29, 1.82) is 0 Å². The molecule has 1 aliphatic rings. The van der Waals surface area contributed by atoms with Crippen molar-refractivity contribution in [3.8, 4) is 0 Å². The van der Waals surface area contributed by atoms with Crippen molar-refractivity contribution >= 4 is 11.7 Å². The molecule has 0 spiro atoms. The third kappa shape index (κ3) is 3.18. The van der Waals surface area contributed by atoms with E-state index in [9.17, 15) is 4.79 Å². The highest BCUT2D eigenvalue weighted by atomic mass is 16.1. The third-order valence-electron chi connectivity index (χ3n) is 4.71. The first kappa shape index (κ1) is 15.5. The van der Waals surface area contributed by atoms with Crippen LogP contribution in [0.5, 0.6) is 0 Å². The van der Waals surface area contributed by atoms with Crippen LogP contribution in [-0.2, 0) is 5.41 Å². The molecule has 3 rings (SSSR count). The molecule has 23 heavy (non-hydrogen) atoms. The Morgan fingerprint density at radius 1 is 1.13 bits per heavy atom. The van der Waals surface area contributed by atoms with Gasteiger partial charge in [0, 0.05) is 19.0 Å². The molecule has 1 saturated carbocycles. The van der Waals surface area contributed by atoms with Gasteiger partial charge in [-0.25, -0.2) is 0 Å². The number of amides is 1. The molecule has 2 N–H and O–H groups in total. The Labute approximate surface area is 136 Å². The maximum atomic E-state index is 11.5. The maximum Gasteiger partial charge on any atom is 0.271 e. The summed E-state index contributed by atoms with van der Waals surface area (Å²) >= 11 is 0. The van der Waals surface area contributed by atoms with E-state index in [2.05, 4.69) is 52.0 Å². The van der Waals surface area contributed by atoms with Gasteiger partial charge in [-0.3, -0.25) is 4.79 Å². The zero-order valence-corrected chi connectivity index (χ0v) is 13.6. The Balaban J connectivity index is 1.68. The van der Waals surface area contributed by atoms with Crippen molar-refractivity contribution in [1.82, 2.24) is 15.5 Å². The minimum atomic E-state index is -0.223. The van der Waals surface area contributed by atoms with Gasteiger partial charge in [0.25, 0.3) is 5.91 Å². The molecular weight excluding hydrogens is 288 g/mol. The molecule has 1 aromatic carbocycles. The van der Waals surface area contributed by atoms with Crippen LogP contribution in [0.4, 0.5) is 5.82 Å². The average Bonchev–Trinajstić information content (AvgIpc) is 2.55. The van der Waals surface area contributed by atoms with Crippen LogP contribution in [0, 0.1) is 6.92 Å². The summed E-state index contributed by atoms with van der Waals surface area (Å²) in [6.45, 7) is 2.95. The maximum absolute atomic E-state index is 11.5. The second kappa shape index (κ2) is 6.36. The van der Waals surface area contributed by atoms with Crippen molar-refractivity contribution in [3.63, 3.8) is 0 Å². The number of aryl methyl sites for hydroxylation is 1. The predicted molar refractivity (Wildman–Crippen MR) is 90.6 cm³/mol. The van der Waals surface area contributed by atoms with Gasteiger partial charge in [-0.15, -0.1) is 10.2 Å². The monoisotopic (exact) mass is 310 g/mol. The second-order valence-electron chi connectivity index (χ2n) is 6.24. The van der Waals surface area contributed by atoms with E-state index in [4.69, 9.17) is 0 Å². The van der Waals surface area contributed by atoms with Crippen LogP contribution in [0.3, 0.4) is 0 Å². The molecule has 5 heteroatoms. The number of hydrogen-bond acceptors (Lipinski definition) is 4. The van der Waals surface area contributed by atoms with Crippen molar-refractivity contribution in [2.45, 2.75) is 31.6 Å². The van der Waals surface area contributed by atoms with Gasteiger partial charge in [-0.05, 0) is 37.5 Å². The van der Waals surface area contributed by atoms with E-state index < -0.39 is 0 Å². The van der Waals surface area contributed by atoms with Gasteiger partial charge in [0.15, 0.2) is 5.69 Å². The third-order valence-corrected chi connectivity index (χ3v) is 4.71. The zero-order chi connectivity index (χ0) is 16.3. The van der Waals surface area contributed by atoms with E-state index in [-0.39, 0.29) is 11.3 Å². The van der Waals surface area contributed by atoms with Crippen LogP contribution >= 0.6 is 0 Å². The first-order valence-electron chi connectivity index (χ1n) is 8.00. The highest BCUT2D eigenvalue weighted by Crippen LogP contribution is 2.43. The Morgan fingerprint density at radius 3 is 2.39 bits per heavy atom. The summed E-state index contributed by atoms with van der Waals surface area (Å²) in [7, 11) is 1.58. The number of benzene rings is 1. The van der Waals surface area contributed by atoms with Gasteiger partial charge < -0.3 is 10.6 Å². The number of rotatable bonds is 5. The lowest BCUT2D eigenvalue weighted by molar-refractivity contribution is 0.0957. The largest absolute Gasteiger partial charge is 0.368 e. The molecule has 1 amide bonds. The SMILES string of the molecule is CNC(=O)c1ccc(NCC2(c3ccc(C)cc3)CCC2)nn1. The summed E-state index contributed by atoms with van der Waals surface area (Å²) in [5.74, 6) is 0.482. The summed E-state index contributed by atoms with van der Waals surface area (Å²) < 4.78 is 0. The zero-order valence-electron chi connectivity index (χ0n) is 13.6. The quantitative estimate of drug-likeness (QED) is 0.891. The van der Waals surface area contributed by atoms with Crippen molar-refractivity contribution in [3.05, 3.63) is 53.2 Å². The van der Waals surface area contributed by atoms with Gasteiger partial charge in [-0.2, -0.15) is 0 Å². The summed E-state index contributed by atoms with van der Waals surface area (Å²) in [6, 6.07) is 12.3. The molecule has 120 valence electrons. The minimum absolute atomic E-state index is 0.189. The fourth-order valence-electron chi connectivity index (χ4n) is 3.01. The second-order valence-corrected chi connectivity index (χ2v) is 6.24. The number of aromatic nitrogens is 2. The highest BCUT2D eigenvalue weighted by molar-refractivity contribution is 5.91. The van der Waals surface area contributed by atoms with Gasteiger partial charge in [0.1, 0.15) is 5.82 Å². The molecule has 1 aromatic heterocycles. The topological polar surface area (TPSA) is 66.9 Å². The summed E-state index contributed by atoms with van der Waals surface area (Å²) in [6.07, 6.45) is 3.64. The first-order valence-corrected chi connectivity index (χ1v) is 8.00. The number of hydrogen-bond donors (Lipinski definition) is 2. The van der Waals surface area contributed by atoms with Gasteiger partial charge in [0.2, 0.25) is 0 Å². The molecule has 1 heterocycles. The van der Waals surface area contributed by atoms with E-state index in [1.165, 1.54) is 30.4 Å². The Kier molecular flexibility index (Phi) is 4.28. The molecule has 0 atom stereocenters. The van der Waals surface area contributed by atoms with E-state index in [1.807, 2.05) is 0 Å². The lowest BCUT2D eigenvalue weighted by Crippen LogP contribution is -2.41. The smallest absolute Gasteiger partial charge is 0.271 e. The van der Waals surface area contributed by atoms with Crippen LogP contribution in [0.1, 0.15) is 40.9 Å². The Bertz CT molecular complexity index is 675. The minimum Gasteiger partial charge on any atom is -0.368 e. The molecule has 0 saturated heterocycles. The molecule has 0 bridgehead atoms. The molecule has 0 unspecified atom stereocenters. The summed E-state index contributed by atoms with van der Waals surface area (Å²) in [4.78, 5) is 11.5. The van der Waals surface area contributed by atoms with E-state index >= 15 is 0 Å². The number of nitrogens with one attached hydrogen (secondary N) is 2. The van der Waals surface area contributed by atoms with E-state index in [0.29, 0.717) is 11.5 Å². The number of carbonyl (C=O) groups is 1. The van der Waals surface area contributed by atoms with Crippen molar-refractivity contribution in [2.24, 2.45) is 0 Å². The summed E-state index contributed by atoms with van der Waals surface area (Å²) in [5.41, 5.74) is 3.19. The lowest BCUT2D eigenvalue weighted by Gasteiger charge is -2.42. The normalized spacial score (nSPS) is 15.6. The van der Waals surface area contributed by atoms with Crippen molar-refractivity contribution in [2.75, 3.05) is 18.9 Å². The van der Waals surface area contributed by atoms with Crippen LogP contribution in [0.25, 0.3) is 0 Å². The van der Waals surface area contributed by atoms with Crippen LogP contribution in [0.15, 0.2) is 36.4 Å². The number of nitrogens with zero attached hydrogens (tertiary/aromatic N) is 2. The summed E-state index contributed by atoms with van der Waals surface area (Å²) in [5, 5.41) is 14.0. The van der Waals surface area contributed by atoms with Crippen molar-refractivity contribution < 1.29 is 4.79 Å². The van der Waals surface area contributed by atoms with Crippen LogP contribution in [0.2, 0.25) is 0 Å². The standard InChI is InChI=1S/C18H22N4O/c1-13-4-6-14(7-5-13)18(10-3-11-18)12-20-16-9-8-15(21-22-16)17(23)19-2/h4-9H,3,10-12H2,1-2H3,(H,19,23)(H,20,22). The fraction of sp³-hybridized carbons (Fsp3) is 0.389. The molecule has 0 aliphatic heterocycles. The molecule has 0 radical (unpaired) electrons. The first-order chi connectivity index (χ1) is 11.1. The fourth-order valence-corrected chi connectivity index (χ4v) is 3.01. The van der Waals surface area contributed by atoms with Crippen LogP contribution < -0.4 is 10.6 Å². The Morgan fingerprint density at radius 2 is 1.87 bits per heavy atom. The van der Waals surface area contributed by atoms with Gasteiger partial charge >= 0.3 is 0 Å². The number of carbonyl (C=O) groups excluding carboxylic acids is 1. The van der Waals surface area contributed by atoms with E-state index in [0.717, 1.165) is 6.54 Å².